The third kappa shape index (κ3) is 5.21. The molecular weight excluding hydrogens is 400 g/mol. The van der Waals surface area contributed by atoms with Gasteiger partial charge in [0.1, 0.15) is 17.5 Å². The van der Waals surface area contributed by atoms with Gasteiger partial charge in [-0.3, -0.25) is 4.98 Å². The summed E-state index contributed by atoms with van der Waals surface area (Å²) in [5.74, 6) is 0.864. The summed E-state index contributed by atoms with van der Waals surface area (Å²) in [6.07, 6.45) is 4.30. The molecule has 1 fully saturated rings. The lowest BCUT2D eigenvalue weighted by molar-refractivity contribution is 0.0126. The van der Waals surface area contributed by atoms with E-state index in [4.69, 9.17) is 9.47 Å². The summed E-state index contributed by atoms with van der Waals surface area (Å²) in [6, 6.07) is 16.9. The van der Waals surface area contributed by atoms with Crippen LogP contribution in [0.4, 0.5) is 4.79 Å². The predicted octanol–water partition coefficient (Wildman–Crippen LogP) is 6.24. The number of nitrogens with zero attached hydrogens (tertiary/aromatic N) is 2. The highest BCUT2D eigenvalue weighted by atomic mass is 16.6. The number of fused-ring (bicyclic) bond motifs is 1. The molecule has 32 heavy (non-hydrogen) atoms. The molecule has 5 nitrogen and oxygen atoms in total. The monoisotopic (exact) mass is 432 g/mol. The van der Waals surface area contributed by atoms with E-state index in [1.54, 1.807) is 4.90 Å². The number of aromatic nitrogens is 1. The Labute approximate surface area is 190 Å². The van der Waals surface area contributed by atoms with Crippen LogP contribution in [0.15, 0.2) is 54.7 Å². The standard InChI is InChI=1S/C27H32N2O3/c1-5-25-24-11-8-20(18-21(24)12-15-28-25)19-6-9-22(10-7-19)31-23-13-16-29(17-14-23)26(30)32-27(2,3)4/h6-12,15,18,23H,5,13-14,16-17H2,1-4H3. The molecule has 1 aliphatic rings. The molecule has 1 saturated heterocycles. The highest BCUT2D eigenvalue weighted by molar-refractivity contribution is 5.88. The van der Waals surface area contributed by atoms with Gasteiger partial charge < -0.3 is 14.4 Å². The van der Waals surface area contributed by atoms with Gasteiger partial charge >= 0.3 is 6.09 Å². The highest BCUT2D eigenvalue weighted by Gasteiger charge is 2.27. The van der Waals surface area contributed by atoms with Crippen molar-refractivity contribution in [3.8, 4) is 16.9 Å². The van der Waals surface area contributed by atoms with Gasteiger partial charge in [0.25, 0.3) is 0 Å². The molecule has 1 amide bonds. The molecule has 5 heteroatoms. The highest BCUT2D eigenvalue weighted by Crippen LogP contribution is 2.28. The Kier molecular flexibility index (Phi) is 6.35. The van der Waals surface area contributed by atoms with E-state index in [0.717, 1.165) is 36.3 Å². The summed E-state index contributed by atoms with van der Waals surface area (Å²) in [5.41, 5.74) is 3.01. The van der Waals surface area contributed by atoms with E-state index in [1.807, 2.05) is 39.1 Å². The van der Waals surface area contributed by atoms with Gasteiger partial charge in [0.2, 0.25) is 0 Å². The van der Waals surface area contributed by atoms with Crippen molar-refractivity contribution in [1.29, 1.82) is 0 Å². The fourth-order valence-corrected chi connectivity index (χ4v) is 4.10. The van der Waals surface area contributed by atoms with Gasteiger partial charge in [0, 0.05) is 43.2 Å². The summed E-state index contributed by atoms with van der Waals surface area (Å²) < 4.78 is 11.7. The minimum Gasteiger partial charge on any atom is -0.490 e. The number of ether oxygens (including phenoxy) is 2. The van der Waals surface area contributed by atoms with Crippen molar-refractivity contribution in [3.63, 3.8) is 0 Å². The van der Waals surface area contributed by atoms with Crippen molar-refractivity contribution in [2.75, 3.05) is 13.1 Å². The second-order valence-corrected chi connectivity index (χ2v) is 9.36. The lowest BCUT2D eigenvalue weighted by atomic mass is 10.0. The van der Waals surface area contributed by atoms with E-state index in [0.29, 0.717) is 13.1 Å². The number of likely N-dealkylation sites (tertiary alicyclic amines) is 1. The Bertz CT molecular complexity index is 1080. The zero-order chi connectivity index (χ0) is 22.7. The van der Waals surface area contributed by atoms with Gasteiger partial charge in [-0.05, 0) is 68.0 Å². The summed E-state index contributed by atoms with van der Waals surface area (Å²) in [4.78, 5) is 18.5. The molecule has 0 aliphatic carbocycles. The molecule has 168 valence electrons. The largest absolute Gasteiger partial charge is 0.490 e. The minimum absolute atomic E-state index is 0.111. The van der Waals surface area contributed by atoms with Crippen molar-refractivity contribution in [2.45, 2.75) is 58.7 Å². The van der Waals surface area contributed by atoms with E-state index < -0.39 is 5.60 Å². The van der Waals surface area contributed by atoms with E-state index in [1.165, 1.54) is 16.3 Å². The first-order chi connectivity index (χ1) is 15.3. The normalized spacial score (nSPS) is 15.1. The molecule has 2 aromatic carbocycles. The fourth-order valence-electron chi connectivity index (χ4n) is 4.10. The summed E-state index contributed by atoms with van der Waals surface area (Å²) in [6.45, 7) is 9.12. The zero-order valence-corrected chi connectivity index (χ0v) is 19.4. The third-order valence-electron chi connectivity index (χ3n) is 5.77. The van der Waals surface area contributed by atoms with Crippen LogP contribution in [0, 0.1) is 0 Å². The van der Waals surface area contributed by atoms with Crippen molar-refractivity contribution < 1.29 is 14.3 Å². The molecule has 0 atom stereocenters. The SMILES string of the molecule is CCc1nccc2cc(-c3ccc(OC4CCN(C(=O)OC(C)(C)C)CC4)cc3)ccc12. The lowest BCUT2D eigenvalue weighted by Gasteiger charge is -2.33. The van der Waals surface area contributed by atoms with Crippen molar-refractivity contribution >= 4 is 16.9 Å². The molecule has 3 aromatic rings. The zero-order valence-electron chi connectivity index (χ0n) is 19.4. The number of carbonyl (C=O) groups excluding carboxylic acids is 1. The number of pyridine rings is 1. The maximum Gasteiger partial charge on any atom is 0.410 e. The number of carbonyl (C=O) groups is 1. The topological polar surface area (TPSA) is 51.7 Å². The number of hydrogen-bond donors (Lipinski definition) is 0. The third-order valence-corrected chi connectivity index (χ3v) is 5.77. The molecule has 0 spiro atoms. The second kappa shape index (κ2) is 9.19. The molecule has 0 radical (unpaired) electrons. The molecule has 2 heterocycles. The van der Waals surface area contributed by atoms with Crippen LogP contribution in [0.25, 0.3) is 21.9 Å². The Hall–Kier alpha value is -3.08. The van der Waals surface area contributed by atoms with E-state index in [2.05, 4.69) is 48.3 Å². The van der Waals surface area contributed by atoms with Crippen LogP contribution in [0.1, 0.15) is 46.2 Å². The van der Waals surface area contributed by atoms with Gasteiger partial charge in [-0.25, -0.2) is 4.79 Å². The molecule has 0 saturated carbocycles. The van der Waals surface area contributed by atoms with Crippen molar-refractivity contribution in [1.82, 2.24) is 9.88 Å². The Morgan fingerprint density at radius 3 is 2.38 bits per heavy atom. The van der Waals surface area contributed by atoms with Gasteiger partial charge in [-0.2, -0.15) is 0 Å². The smallest absolute Gasteiger partial charge is 0.410 e. The first-order valence-electron chi connectivity index (χ1n) is 11.4. The van der Waals surface area contributed by atoms with Crippen LogP contribution < -0.4 is 4.74 Å². The van der Waals surface area contributed by atoms with Gasteiger partial charge in [0.15, 0.2) is 0 Å². The van der Waals surface area contributed by atoms with Crippen LogP contribution in [-0.4, -0.2) is 40.8 Å². The molecule has 0 unspecified atom stereocenters. The maximum absolute atomic E-state index is 12.2. The summed E-state index contributed by atoms with van der Waals surface area (Å²) in [5, 5.41) is 2.43. The van der Waals surface area contributed by atoms with Crippen LogP contribution >= 0.6 is 0 Å². The number of aryl methyl sites for hydroxylation is 1. The first kappa shape index (κ1) is 22.1. The fraction of sp³-hybridized carbons (Fsp3) is 0.407. The number of amides is 1. The molecule has 1 aromatic heterocycles. The van der Waals surface area contributed by atoms with Gasteiger partial charge in [-0.15, -0.1) is 0 Å². The Morgan fingerprint density at radius 2 is 1.72 bits per heavy atom. The van der Waals surface area contributed by atoms with E-state index in [-0.39, 0.29) is 12.2 Å². The Balaban J connectivity index is 1.37. The Morgan fingerprint density at radius 1 is 1.03 bits per heavy atom. The molecule has 1 aliphatic heterocycles. The van der Waals surface area contributed by atoms with Gasteiger partial charge in [0.05, 0.1) is 0 Å². The number of benzene rings is 2. The lowest BCUT2D eigenvalue weighted by Crippen LogP contribution is -2.44. The summed E-state index contributed by atoms with van der Waals surface area (Å²) >= 11 is 0. The van der Waals surface area contributed by atoms with Crippen molar-refractivity contribution in [3.05, 3.63) is 60.4 Å². The van der Waals surface area contributed by atoms with Crippen LogP contribution in [-0.2, 0) is 11.2 Å². The van der Waals surface area contributed by atoms with Crippen LogP contribution in [0.3, 0.4) is 0 Å². The number of piperidine rings is 1. The van der Waals surface area contributed by atoms with Crippen molar-refractivity contribution in [2.24, 2.45) is 0 Å². The first-order valence-corrected chi connectivity index (χ1v) is 11.4. The predicted molar refractivity (Wildman–Crippen MR) is 128 cm³/mol. The molecular formula is C27H32N2O3. The number of rotatable bonds is 4. The maximum atomic E-state index is 12.2. The van der Waals surface area contributed by atoms with Crippen LogP contribution in [0.5, 0.6) is 5.75 Å². The summed E-state index contributed by atoms with van der Waals surface area (Å²) in [7, 11) is 0. The molecule has 4 rings (SSSR count). The second-order valence-electron chi connectivity index (χ2n) is 9.36. The average molecular weight is 433 g/mol. The van der Waals surface area contributed by atoms with Crippen LogP contribution in [0.2, 0.25) is 0 Å². The van der Waals surface area contributed by atoms with E-state index in [9.17, 15) is 4.79 Å². The average Bonchev–Trinajstić information content (AvgIpc) is 2.78. The minimum atomic E-state index is -0.466. The number of hydrogen-bond acceptors (Lipinski definition) is 4. The quantitative estimate of drug-likeness (QED) is 0.489. The van der Waals surface area contributed by atoms with E-state index >= 15 is 0 Å². The molecule has 0 bridgehead atoms. The molecule has 0 N–H and O–H groups in total. The van der Waals surface area contributed by atoms with Gasteiger partial charge in [-0.1, -0.05) is 31.2 Å².